The highest BCUT2D eigenvalue weighted by atomic mass is 35.5. The zero-order chi connectivity index (χ0) is 15.4. The van der Waals surface area contributed by atoms with Crippen LogP contribution in [0.15, 0.2) is 18.2 Å². The number of likely N-dealkylation sites (N-methyl/N-ethyl adjacent to an activating group) is 1. The molecule has 5 nitrogen and oxygen atoms in total. The second-order valence-electron chi connectivity index (χ2n) is 5.68. The molecule has 1 atom stereocenters. The Bertz CT molecular complexity index is 510. The molecule has 0 N–H and O–H groups in total. The molecule has 0 aromatic heterocycles. The quantitative estimate of drug-likeness (QED) is 0.633. The largest absolute Gasteiger partial charge is 0.305 e. The maximum atomic E-state index is 10.9. The fraction of sp³-hybridized carbons (Fsp3) is 0.600. The molecule has 1 aromatic rings. The Kier molecular flexibility index (Phi) is 5.56. The van der Waals surface area contributed by atoms with Crippen LogP contribution in [0.2, 0.25) is 5.02 Å². The molecule has 0 radical (unpaired) electrons. The van der Waals surface area contributed by atoms with Crippen LogP contribution in [0, 0.1) is 10.1 Å². The molecule has 0 saturated carbocycles. The van der Waals surface area contributed by atoms with Gasteiger partial charge in [-0.05, 0) is 38.1 Å². The number of benzene rings is 1. The number of nitro groups is 1. The van der Waals surface area contributed by atoms with Gasteiger partial charge in [-0.15, -0.1) is 0 Å². The summed E-state index contributed by atoms with van der Waals surface area (Å²) in [6.45, 7) is 5.99. The molecule has 1 aliphatic rings. The van der Waals surface area contributed by atoms with Gasteiger partial charge in [0.15, 0.2) is 0 Å². The molecule has 2 rings (SSSR count). The van der Waals surface area contributed by atoms with Crippen LogP contribution in [0.3, 0.4) is 0 Å². The lowest BCUT2D eigenvalue weighted by atomic mass is 10.1. The zero-order valence-electron chi connectivity index (χ0n) is 12.6. The van der Waals surface area contributed by atoms with Gasteiger partial charge in [-0.2, -0.15) is 0 Å². The molecule has 21 heavy (non-hydrogen) atoms. The number of hydrogen-bond donors (Lipinski definition) is 0. The summed E-state index contributed by atoms with van der Waals surface area (Å²) in [5.74, 6) is 0. The second-order valence-corrected chi connectivity index (χ2v) is 6.09. The minimum absolute atomic E-state index is 0.106. The number of hydrogen-bond acceptors (Lipinski definition) is 4. The van der Waals surface area contributed by atoms with E-state index in [-0.39, 0.29) is 10.6 Å². The van der Waals surface area contributed by atoms with E-state index >= 15 is 0 Å². The smallest absolute Gasteiger partial charge is 0.269 e. The monoisotopic (exact) mass is 311 g/mol. The van der Waals surface area contributed by atoms with E-state index in [4.69, 9.17) is 11.6 Å². The molecular weight excluding hydrogens is 290 g/mol. The summed E-state index contributed by atoms with van der Waals surface area (Å²) in [6.07, 6.45) is 2.18. The molecule has 1 aliphatic heterocycles. The molecule has 0 aliphatic carbocycles. The predicted molar refractivity (Wildman–Crippen MR) is 84.7 cm³/mol. The van der Waals surface area contributed by atoms with Crippen molar-refractivity contribution >= 4 is 17.3 Å². The van der Waals surface area contributed by atoms with Gasteiger partial charge in [0.25, 0.3) is 5.69 Å². The molecule has 0 spiro atoms. The Balaban J connectivity index is 2.19. The lowest BCUT2D eigenvalue weighted by molar-refractivity contribution is -0.384. The van der Waals surface area contributed by atoms with Crippen molar-refractivity contribution in [2.75, 3.05) is 26.7 Å². The molecule has 1 fully saturated rings. The lowest BCUT2D eigenvalue weighted by Gasteiger charge is -2.30. The van der Waals surface area contributed by atoms with Crippen LogP contribution >= 0.6 is 11.6 Å². The molecule has 0 bridgehead atoms. The topological polar surface area (TPSA) is 49.6 Å². The number of rotatable bonds is 4. The summed E-state index contributed by atoms with van der Waals surface area (Å²) < 4.78 is 0. The normalized spacial score (nSPS) is 21.2. The minimum Gasteiger partial charge on any atom is -0.305 e. The zero-order valence-corrected chi connectivity index (χ0v) is 13.3. The highest BCUT2D eigenvalue weighted by Gasteiger charge is 2.23. The third kappa shape index (κ3) is 4.15. The van der Waals surface area contributed by atoms with Crippen molar-refractivity contribution in [3.63, 3.8) is 0 Å². The van der Waals surface area contributed by atoms with Crippen molar-refractivity contribution < 1.29 is 4.92 Å². The Labute approximate surface area is 130 Å². The SMILES string of the molecule is CCC1CN(C)CCCN1Cc1cc([N+](=O)[O-])ccc1Cl. The summed E-state index contributed by atoms with van der Waals surface area (Å²) >= 11 is 6.22. The van der Waals surface area contributed by atoms with Gasteiger partial charge >= 0.3 is 0 Å². The molecule has 1 heterocycles. The van der Waals surface area contributed by atoms with E-state index in [1.54, 1.807) is 12.1 Å². The number of non-ortho nitro benzene ring substituents is 1. The first-order valence-corrected chi connectivity index (χ1v) is 7.74. The molecule has 116 valence electrons. The van der Waals surface area contributed by atoms with E-state index in [9.17, 15) is 10.1 Å². The molecule has 1 saturated heterocycles. The van der Waals surface area contributed by atoms with Crippen molar-refractivity contribution in [3.05, 3.63) is 38.9 Å². The van der Waals surface area contributed by atoms with Crippen LogP contribution in [0.4, 0.5) is 5.69 Å². The van der Waals surface area contributed by atoms with Crippen LogP contribution in [-0.4, -0.2) is 47.4 Å². The van der Waals surface area contributed by atoms with Crippen LogP contribution < -0.4 is 0 Å². The third-order valence-electron chi connectivity index (χ3n) is 4.11. The average Bonchev–Trinajstić information content (AvgIpc) is 2.62. The summed E-state index contributed by atoms with van der Waals surface area (Å²) in [4.78, 5) is 15.3. The Morgan fingerprint density at radius 3 is 2.86 bits per heavy atom. The lowest BCUT2D eigenvalue weighted by Crippen LogP contribution is -2.39. The fourth-order valence-electron chi connectivity index (χ4n) is 2.90. The van der Waals surface area contributed by atoms with E-state index in [0.717, 1.165) is 38.0 Å². The second kappa shape index (κ2) is 7.20. The van der Waals surface area contributed by atoms with E-state index < -0.39 is 0 Å². The highest BCUT2D eigenvalue weighted by Crippen LogP contribution is 2.25. The molecular formula is C15H22ClN3O2. The maximum absolute atomic E-state index is 10.9. The van der Waals surface area contributed by atoms with Crippen molar-refractivity contribution in [2.24, 2.45) is 0 Å². The molecule has 0 amide bonds. The first-order valence-electron chi connectivity index (χ1n) is 7.36. The van der Waals surface area contributed by atoms with Crippen LogP contribution in [0.25, 0.3) is 0 Å². The third-order valence-corrected chi connectivity index (χ3v) is 4.48. The minimum atomic E-state index is -0.368. The summed E-state index contributed by atoms with van der Waals surface area (Å²) in [5, 5.41) is 11.5. The van der Waals surface area contributed by atoms with Gasteiger partial charge in [0.05, 0.1) is 4.92 Å². The van der Waals surface area contributed by atoms with Gasteiger partial charge < -0.3 is 4.90 Å². The van der Waals surface area contributed by atoms with Gasteiger partial charge in [-0.1, -0.05) is 18.5 Å². The van der Waals surface area contributed by atoms with E-state index in [0.29, 0.717) is 17.6 Å². The Hall–Kier alpha value is -1.17. The van der Waals surface area contributed by atoms with Crippen molar-refractivity contribution in [1.29, 1.82) is 0 Å². The van der Waals surface area contributed by atoms with Gasteiger partial charge in [0.1, 0.15) is 0 Å². The highest BCUT2D eigenvalue weighted by molar-refractivity contribution is 6.31. The number of nitro benzene ring substituents is 1. The van der Waals surface area contributed by atoms with Gasteiger partial charge in [0, 0.05) is 42.8 Å². The standard InChI is InChI=1S/C15H22ClN3O2/c1-3-13-11-17(2)7-4-8-18(13)10-12-9-14(19(20)21)5-6-15(12)16/h5-6,9,13H,3-4,7-8,10-11H2,1-2H3. The van der Waals surface area contributed by atoms with Gasteiger partial charge in [0.2, 0.25) is 0 Å². The molecule has 1 unspecified atom stereocenters. The molecule has 6 heteroatoms. The van der Waals surface area contributed by atoms with Crippen LogP contribution in [0.1, 0.15) is 25.3 Å². The Morgan fingerprint density at radius 2 is 2.19 bits per heavy atom. The van der Waals surface area contributed by atoms with Crippen molar-refractivity contribution in [2.45, 2.75) is 32.4 Å². The van der Waals surface area contributed by atoms with Crippen molar-refractivity contribution in [1.82, 2.24) is 9.80 Å². The molecule has 1 aromatic carbocycles. The van der Waals surface area contributed by atoms with Crippen molar-refractivity contribution in [3.8, 4) is 0 Å². The van der Waals surface area contributed by atoms with E-state index in [1.165, 1.54) is 6.07 Å². The van der Waals surface area contributed by atoms with Gasteiger partial charge in [-0.3, -0.25) is 15.0 Å². The Morgan fingerprint density at radius 1 is 1.43 bits per heavy atom. The average molecular weight is 312 g/mol. The first kappa shape index (κ1) is 16.2. The number of nitrogens with zero attached hydrogens (tertiary/aromatic N) is 3. The summed E-state index contributed by atoms with van der Waals surface area (Å²) in [7, 11) is 2.15. The summed E-state index contributed by atoms with van der Waals surface area (Å²) in [5.41, 5.74) is 0.947. The predicted octanol–water partition coefficient (Wildman–Crippen LogP) is 3.16. The van der Waals surface area contributed by atoms with Crippen LogP contribution in [0.5, 0.6) is 0 Å². The van der Waals surface area contributed by atoms with Gasteiger partial charge in [-0.25, -0.2) is 0 Å². The first-order chi connectivity index (χ1) is 10.0. The van der Waals surface area contributed by atoms with E-state index in [1.807, 2.05) is 0 Å². The summed E-state index contributed by atoms with van der Waals surface area (Å²) in [6, 6.07) is 5.15. The van der Waals surface area contributed by atoms with Crippen LogP contribution in [-0.2, 0) is 6.54 Å². The fourth-order valence-corrected chi connectivity index (χ4v) is 3.08. The maximum Gasteiger partial charge on any atom is 0.269 e. The number of halogens is 1. The van der Waals surface area contributed by atoms with E-state index in [2.05, 4.69) is 23.8 Å².